The van der Waals surface area contributed by atoms with Crippen molar-refractivity contribution in [1.82, 2.24) is 34.6 Å². The van der Waals surface area contributed by atoms with Crippen molar-refractivity contribution in [1.29, 1.82) is 0 Å². The second-order valence-electron chi connectivity index (χ2n) is 17.8. The summed E-state index contributed by atoms with van der Waals surface area (Å²) in [5.74, 6) is -5.48. The molecule has 1 unspecified atom stereocenters. The number of carbonyl (C=O) groups is 4. The first kappa shape index (κ1) is 43.2. The molecule has 0 aliphatic carbocycles. The first-order valence-electron chi connectivity index (χ1n) is 22.4. The van der Waals surface area contributed by atoms with Crippen LogP contribution in [0.3, 0.4) is 0 Å². The number of amides is 4. The highest BCUT2D eigenvalue weighted by molar-refractivity contribution is 6.06. The number of piperidine rings is 1. The number of fused-ring (bicyclic) bond motifs is 9. The van der Waals surface area contributed by atoms with Gasteiger partial charge in [0.05, 0.1) is 23.5 Å². The van der Waals surface area contributed by atoms with Crippen molar-refractivity contribution >= 4 is 51.9 Å². The SMILES string of the molecule is C[C@H]1Nc2ncnc3c2cc(N2CCN(C(=O)CNc4cccc5c4CN(C4CCC(=O)NC4=O)C5=O)CC2)c(=O)n3CCCCCCCN2CC(C2)CC(F)(F)c2cccc1c2F. The number of nitrogens with zero attached hydrogens (tertiary/aromatic N) is 7. The van der Waals surface area contributed by atoms with Crippen LogP contribution in [0.5, 0.6) is 0 Å². The van der Waals surface area contributed by atoms with Gasteiger partial charge in [-0.25, -0.2) is 23.1 Å². The van der Waals surface area contributed by atoms with Gasteiger partial charge in [0.1, 0.15) is 35.3 Å². The Bertz CT molecular complexity index is 2540. The van der Waals surface area contributed by atoms with Crippen LogP contribution < -0.4 is 26.4 Å². The molecule has 2 atom stereocenters. The number of anilines is 3. The minimum Gasteiger partial charge on any atom is -0.376 e. The number of hydrogen-bond acceptors (Lipinski definition) is 11. The fourth-order valence-corrected chi connectivity index (χ4v) is 9.99. The Balaban J connectivity index is 0.918. The third kappa shape index (κ3) is 8.51. The largest absolute Gasteiger partial charge is 0.376 e. The number of piperazine rings is 1. The van der Waals surface area contributed by atoms with E-state index in [-0.39, 0.29) is 60.7 Å². The summed E-state index contributed by atoms with van der Waals surface area (Å²) in [6.07, 6.45) is 5.86. The molecular formula is C46H53F3N10O5. The van der Waals surface area contributed by atoms with E-state index in [1.165, 1.54) is 29.4 Å². The lowest BCUT2D eigenvalue weighted by atomic mass is 9.88. The first-order chi connectivity index (χ1) is 30.9. The van der Waals surface area contributed by atoms with Crippen LogP contribution in [0.25, 0.3) is 11.0 Å². The van der Waals surface area contributed by atoms with Crippen LogP contribution in [0.1, 0.15) is 91.4 Å². The van der Waals surface area contributed by atoms with Crippen LogP contribution in [0.2, 0.25) is 0 Å². The summed E-state index contributed by atoms with van der Waals surface area (Å²) in [5.41, 5.74) is 1.79. The maximum Gasteiger partial charge on any atom is 0.276 e. The molecule has 2 aromatic carbocycles. The van der Waals surface area contributed by atoms with Gasteiger partial charge in [0.25, 0.3) is 17.4 Å². The van der Waals surface area contributed by atoms with E-state index in [4.69, 9.17) is 0 Å². The summed E-state index contributed by atoms with van der Waals surface area (Å²) in [4.78, 5) is 82.0. The molecule has 8 bridgehead atoms. The van der Waals surface area contributed by atoms with Crippen LogP contribution in [0.4, 0.5) is 30.4 Å². The van der Waals surface area contributed by atoms with Crippen LogP contribution in [-0.4, -0.2) is 111 Å². The van der Waals surface area contributed by atoms with Gasteiger partial charge in [0.15, 0.2) is 0 Å². The van der Waals surface area contributed by atoms with E-state index >= 15 is 13.2 Å². The Hall–Kier alpha value is -6.04. The number of pyridine rings is 1. The number of rotatable bonds is 5. The van der Waals surface area contributed by atoms with Crippen LogP contribution in [0, 0.1) is 11.7 Å². The zero-order valence-corrected chi connectivity index (χ0v) is 35.9. The zero-order chi connectivity index (χ0) is 44.7. The molecule has 0 saturated carbocycles. The van der Waals surface area contributed by atoms with Crippen molar-refractivity contribution in [2.45, 2.75) is 89.4 Å². The fraction of sp³-hybridized carbons (Fsp3) is 0.500. The molecule has 3 N–H and O–H groups in total. The van der Waals surface area contributed by atoms with Crippen LogP contribution >= 0.6 is 0 Å². The molecule has 10 rings (SSSR count). The molecule has 18 heteroatoms. The van der Waals surface area contributed by atoms with Gasteiger partial charge in [-0.1, -0.05) is 43.5 Å². The summed E-state index contributed by atoms with van der Waals surface area (Å²) < 4.78 is 49.1. The van der Waals surface area contributed by atoms with Crippen molar-refractivity contribution < 1.29 is 32.3 Å². The van der Waals surface area contributed by atoms with Crippen LogP contribution in [0.15, 0.2) is 53.6 Å². The highest BCUT2D eigenvalue weighted by Gasteiger charge is 2.42. The highest BCUT2D eigenvalue weighted by Crippen LogP contribution is 2.41. The quantitative estimate of drug-likeness (QED) is 0.231. The van der Waals surface area contributed by atoms with Crippen molar-refractivity contribution in [2.24, 2.45) is 5.92 Å². The number of benzene rings is 2. The lowest BCUT2D eigenvalue weighted by Crippen LogP contribution is -2.52. The molecule has 15 nitrogen and oxygen atoms in total. The van der Waals surface area contributed by atoms with Gasteiger partial charge in [0.2, 0.25) is 17.7 Å². The van der Waals surface area contributed by atoms with Gasteiger partial charge in [-0.2, -0.15) is 0 Å². The smallest absolute Gasteiger partial charge is 0.276 e. The highest BCUT2D eigenvalue weighted by atomic mass is 19.3. The predicted molar refractivity (Wildman–Crippen MR) is 234 cm³/mol. The second-order valence-corrected chi connectivity index (χ2v) is 17.8. The number of hydrogen-bond donors (Lipinski definition) is 3. The van der Waals surface area contributed by atoms with Gasteiger partial charge in [-0.05, 0) is 56.8 Å². The first-order valence-corrected chi connectivity index (χ1v) is 22.4. The molecule has 4 amide bonds. The lowest BCUT2D eigenvalue weighted by Gasteiger charge is -2.41. The van der Waals surface area contributed by atoms with Gasteiger partial charge < -0.3 is 30.2 Å². The van der Waals surface area contributed by atoms with Crippen molar-refractivity contribution in [3.8, 4) is 0 Å². The number of alkyl halides is 2. The van der Waals surface area contributed by atoms with Gasteiger partial charge in [-0.15, -0.1) is 0 Å². The number of aromatic nitrogens is 3. The number of nitrogens with one attached hydrogen (secondary N) is 3. The molecule has 3 saturated heterocycles. The minimum atomic E-state index is -3.33. The zero-order valence-electron chi connectivity index (χ0n) is 35.9. The van der Waals surface area contributed by atoms with E-state index in [0.717, 1.165) is 38.6 Å². The lowest BCUT2D eigenvalue weighted by molar-refractivity contribution is -0.137. The van der Waals surface area contributed by atoms with E-state index in [0.29, 0.717) is 85.2 Å². The molecule has 0 radical (unpaired) electrons. The monoisotopic (exact) mass is 882 g/mol. The third-order valence-electron chi connectivity index (χ3n) is 13.5. The Morgan fingerprint density at radius 3 is 2.45 bits per heavy atom. The van der Waals surface area contributed by atoms with Gasteiger partial charge in [-0.3, -0.25) is 33.9 Å². The van der Waals surface area contributed by atoms with E-state index in [2.05, 4.69) is 30.8 Å². The summed E-state index contributed by atoms with van der Waals surface area (Å²) in [7, 11) is 0. The standard InChI is InChI=1S/C46H53F3N10O5/c1-28-30-9-7-11-34(40(30)47)46(48,49)22-29-24-55(25-29)15-5-3-2-4-6-16-58-42-32(41(53-28)51-27-52-42)21-37(45(58)64)56-17-19-57(20-18-56)39(61)23-50-35-12-8-10-31-33(35)26-59(44(31)63)36-13-14-38(60)54-43(36)62/h7-12,21,27-29,36,50H,2-6,13-20,22-26H2,1H3,(H,51,52,53)(H,54,60,62)/t28-,36?/m1/s1. The molecule has 6 aliphatic heterocycles. The Morgan fingerprint density at radius 2 is 1.67 bits per heavy atom. The average Bonchev–Trinajstić information content (AvgIpc) is 3.60. The number of halogens is 3. The molecule has 8 heterocycles. The molecule has 4 aromatic rings. The maximum atomic E-state index is 16.1. The van der Waals surface area contributed by atoms with Crippen molar-refractivity contribution in [3.05, 3.63) is 87.2 Å². The van der Waals surface area contributed by atoms with E-state index < -0.39 is 41.7 Å². The van der Waals surface area contributed by atoms with Gasteiger partial charge >= 0.3 is 0 Å². The van der Waals surface area contributed by atoms with E-state index in [1.54, 1.807) is 40.7 Å². The fourth-order valence-electron chi connectivity index (χ4n) is 9.99. The minimum absolute atomic E-state index is 0.0453. The topological polar surface area (TPSA) is 165 Å². The Morgan fingerprint density at radius 1 is 0.922 bits per heavy atom. The number of aryl methyl sites for hydroxylation is 1. The number of imide groups is 1. The predicted octanol–water partition coefficient (Wildman–Crippen LogP) is 5.00. The van der Waals surface area contributed by atoms with E-state index in [1.807, 2.05) is 4.90 Å². The van der Waals surface area contributed by atoms with E-state index in [9.17, 15) is 24.0 Å². The average molecular weight is 883 g/mol. The summed E-state index contributed by atoms with van der Waals surface area (Å²) >= 11 is 0. The maximum absolute atomic E-state index is 16.1. The molecule has 2 aromatic heterocycles. The molecular weight excluding hydrogens is 830 g/mol. The normalized spacial score (nSPS) is 24.1. The summed E-state index contributed by atoms with van der Waals surface area (Å²) in [6, 6.07) is 9.54. The molecule has 6 aliphatic rings. The summed E-state index contributed by atoms with van der Waals surface area (Å²) in [6.45, 7) is 5.61. The summed E-state index contributed by atoms with van der Waals surface area (Å²) in [5, 5.41) is 9.30. The van der Waals surface area contributed by atoms with Crippen LogP contribution in [-0.2, 0) is 33.4 Å². The Kier molecular flexibility index (Phi) is 12.1. The number of carbonyl (C=O) groups excluding carboxylic acids is 4. The Labute approximate surface area is 368 Å². The molecule has 3 fully saturated rings. The molecule has 338 valence electrons. The van der Waals surface area contributed by atoms with Gasteiger partial charge in [0, 0.05) is 87.6 Å². The third-order valence-corrected chi connectivity index (χ3v) is 13.5. The molecule has 64 heavy (non-hydrogen) atoms. The second kappa shape index (κ2) is 17.9. The van der Waals surface area contributed by atoms with Crippen molar-refractivity contribution in [2.75, 3.05) is 67.9 Å². The van der Waals surface area contributed by atoms with Crippen molar-refractivity contribution in [3.63, 3.8) is 0 Å². The molecule has 0 spiro atoms.